The molecule has 1 N–H and O–H groups in total. The average molecular weight is 481 g/mol. The molecule has 1 aromatic carbocycles. The number of halogens is 2. The van der Waals surface area contributed by atoms with Gasteiger partial charge in [0.25, 0.3) is 5.91 Å². The van der Waals surface area contributed by atoms with Gasteiger partial charge in [0.05, 0.1) is 21.2 Å². The van der Waals surface area contributed by atoms with Crippen LogP contribution in [0.4, 0.5) is 5.69 Å². The molecule has 0 aliphatic carbocycles. The Bertz CT molecular complexity index is 1090. The van der Waals surface area contributed by atoms with Crippen LogP contribution in [0, 0.1) is 17.3 Å². The second kappa shape index (κ2) is 9.73. The lowest BCUT2D eigenvalue weighted by molar-refractivity contribution is -0.127. The summed E-state index contributed by atoms with van der Waals surface area (Å²) >= 11 is 13.1. The number of carbonyl (C=O) groups is 3. The zero-order valence-electron chi connectivity index (χ0n) is 17.7. The minimum absolute atomic E-state index is 0.0851. The Balaban J connectivity index is 2.64. The standard InChI is InChI=1S/C22H22Cl2N2O4S/c1-22(2,3)9-8-14-11-17(19(31-14)21(29)30)26(12-18(27)25(4)5)20(28)15-7-6-13(23)10-16(15)24/h6-7,10-11H,12H2,1-5H3,(H,29,30). The predicted octanol–water partition coefficient (Wildman–Crippen LogP) is 4.89. The Morgan fingerprint density at radius 3 is 2.29 bits per heavy atom. The Labute approximate surface area is 195 Å². The summed E-state index contributed by atoms with van der Waals surface area (Å²) in [6, 6.07) is 5.86. The number of amides is 2. The van der Waals surface area contributed by atoms with Crippen molar-refractivity contribution in [3.63, 3.8) is 0 Å². The maximum Gasteiger partial charge on any atom is 0.348 e. The number of carboxylic acids is 1. The second-order valence-corrected chi connectivity index (χ2v) is 9.83. The number of hydrogen-bond acceptors (Lipinski definition) is 4. The van der Waals surface area contributed by atoms with Gasteiger partial charge in [-0.05, 0) is 45.0 Å². The van der Waals surface area contributed by atoms with Crippen molar-refractivity contribution in [1.82, 2.24) is 4.90 Å². The molecule has 0 fully saturated rings. The van der Waals surface area contributed by atoms with Crippen LogP contribution in [-0.2, 0) is 4.79 Å². The third-order valence-corrected chi connectivity index (χ3v) is 5.53. The Kier molecular flexibility index (Phi) is 7.77. The maximum absolute atomic E-state index is 13.3. The number of aromatic carboxylic acids is 1. The molecule has 6 nitrogen and oxygen atoms in total. The van der Waals surface area contributed by atoms with Crippen molar-refractivity contribution in [2.75, 3.05) is 25.5 Å². The molecule has 9 heteroatoms. The van der Waals surface area contributed by atoms with Crippen LogP contribution in [0.1, 0.15) is 45.7 Å². The van der Waals surface area contributed by atoms with E-state index in [1.165, 1.54) is 29.2 Å². The van der Waals surface area contributed by atoms with Gasteiger partial charge < -0.3 is 10.0 Å². The molecule has 0 aliphatic rings. The number of thiophene rings is 1. The molecule has 1 heterocycles. The van der Waals surface area contributed by atoms with E-state index in [2.05, 4.69) is 11.8 Å². The lowest BCUT2D eigenvalue weighted by Crippen LogP contribution is -2.41. The van der Waals surface area contributed by atoms with E-state index in [4.69, 9.17) is 23.2 Å². The van der Waals surface area contributed by atoms with Gasteiger partial charge in [-0.3, -0.25) is 14.5 Å². The van der Waals surface area contributed by atoms with Gasteiger partial charge in [-0.2, -0.15) is 0 Å². The van der Waals surface area contributed by atoms with E-state index in [0.29, 0.717) is 9.90 Å². The SMILES string of the molecule is CN(C)C(=O)CN(C(=O)c1ccc(Cl)cc1Cl)c1cc(C#CC(C)(C)C)sc1C(=O)O. The molecule has 0 spiro atoms. The number of rotatable bonds is 5. The Hall–Kier alpha value is -2.53. The van der Waals surface area contributed by atoms with Gasteiger partial charge >= 0.3 is 5.97 Å². The molecule has 2 rings (SSSR count). The summed E-state index contributed by atoms with van der Waals surface area (Å²) in [5, 5.41) is 10.2. The molecule has 0 saturated heterocycles. The van der Waals surface area contributed by atoms with Gasteiger partial charge in [-0.25, -0.2) is 4.79 Å². The molecule has 0 radical (unpaired) electrons. The molecule has 1 aromatic heterocycles. The molecule has 0 saturated carbocycles. The van der Waals surface area contributed by atoms with Crippen LogP contribution in [0.25, 0.3) is 0 Å². The van der Waals surface area contributed by atoms with Crippen LogP contribution in [0.15, 0.2) is 24.3 Å². The van der Waals surface area contributed by atoms with Crippen molar-refractivity contribution < 1.29 is 19.5 Å². The molecule has 0 bridgehead atoms. The largest absolute Gasteiger partial charge is 0.477 e. The first-order valence-corrected chi connectivity index (χ1v) is 10.7. The Morgan fingerprint density at radius 2 is 1.77 bits per heavy atom. The van der Waals surface area contributed by atoms with Gasteiger partial charge in [0, 0.05) is 24.5 Å². The summed E-state index contributed by atoms with van der Waals surface area (Å²) in [4.78, 5) is 40.5. The van der Waals surface area contributed by atoms with Crippen molar-refractivity contribution >= 4 is 58.0 Å². The van der Waals surface area contributed by atoms with Crippen molar-refractivity contribution in [2.24, 2.45) is 5.41 Å². The summed E-state index contributed by atoms with van der Waals surface area (Å²) < 4.78 is 0. The summed E-state index contributed by atoms with van der Waals surface area (Å²) in [5.74, 6) is 3.78. The van der Waals surface area contributed by atoms with Crippen molar-refractivity contribution in [3.05, 3.63) is 49.6 Å². The third-order valence-electron chi connectivity index (χ3n) is 3.96. The molecule has 0 aliphatic heterocycles. The van der Waals surface area contributed by atoms with Crippen molar-refractivity contribution in [2.45, 2.75) is 20.8 Å². The highest BCUT2D eigenvalue weighted by Gasteiger charge is 2.29. The van der Waals surface area contributed by atoms with Gasteiger partial charge in [0.2, 0.25) is 5.91 Å². The fraction of sp³-hybridized carbons (Fsp3) is 0.318. The number of hydrogen-bond donors (Lipinski definition) is 1. The van der Waals surface area contributed by atoms with Gasteiger partial charge in [-0.1, -0.05) is 35.0 Å². The molecule has 31 heavy (non-hydrogen) atoms. The van der Waals surface area contributed by atoms with Crippen molar-refractivity contribution in [3.8, 4) is 11.8 Å². The summed E-state index contributed by atoms with van der Waals surface area (Å²) in [6.45, 7) is 5.43. The molecule has 2 aromatic rings. The van der Waals surface area contributed by atoms with E-state index in [1.807, 2.05) is 20.8 Å². The van der Waals surface area contributed by atoms with E-state index in [-0.39, 0.29) is 39.0 Å². The minimum atomic E-state index is -1.22. The quantitative estimate of drug-likeness (QED) is 0.618. The molecule has 2 amide bonds. The number of benzene rings is 1. The highest BCUT2D eigenvalue weighted by atomic mass is 35.5. The molecular formula is C22H22Cl2N2O4S. The number of carbonyl (C=O) groups excluding carboxylic acids is 2. The van der Waals surface area contributed by atoms with E-state index >= 15 is 0 Å². The smallest absolute Gasteiger partial charge is 0.348 e. The van der Waals surface area contributed by atoms with Gasteiger partial charge in [-0.15, -0.1) is 11.3 Å². The highest BCUT2D eigenvalue weighted by molar-refractivity contribution is 7.15. The van der Waals surface area contributed by atoms with E-state index < -0.39 is 11.9 Å². The summed E-state index contributed by atoms with van der Waals surface area (Å²) in [7, 11) is 3.10. The highest BCUT2D eigenvalue weighted by Crippen LogP contribution is 2.33. The zero-order valence-corrected chi connectivity index (χ0v) is 20.1. The van der Waals surface area contributed by atoms with Crippen LogP contribution < -0.4 is 4.90 Å². The van der Waals surface area contributed by atoms with E-state index in [0.717, 1.165) is 16.2 Å². The third kappa shape index (κ3) is 6.47. The van der Waals surface area contributed by atoms with Gasteiger partial charge in [0.1, 0.15) is 11.4 Å². The van der Waals surface area contributed by atoms with Crippen LogP contribution >= 0.6 is 34.5 Å². The number of carboxylic acid groups (broad SMARTS) is 1. The topological polar surface area (TPSA) is 77.9 Å². The molecule has 0 atom stereocenters. The maximum atomic E-state index is 13.3. The first-order valence-electron chi connectivity index (χ1n) is 9.17. The first kappa shape index (κ1) is 24.7. The Morgan fingerprint density at radius 1 is 1.13 bits per heavy atom. The monoisotopic (exact) mass is 480 g/mol. The lowest BCUT2D eigenvalue weighted by atomic mass is 9.98. The first-order chi connectivity index (χ1) is 14.3. The van der Waals surface area contributed by atoms with Crippen LogP contribution in [0.2, 0.25) is 10.0 Å². The minimum Gasteiger partial charge on any atom is -0.477 e. The second-order valence-electron chi connectivity index (χ2n) is 7.93. The summed E-state index contributed by atoms with van der Waals surface area (Å²) in [5.41, 5.74) is -0.106. The number of anilines is 1. The van der Waals surface area contributed by atoms with Crippen LogP contribution in [0.5, 0.6) is 0 Å². The van der Waals surface area contributed by atoms with Gasteiger partial charge in [0.15, 0.2) is 0 Å². The molecule has 164 valence electrons. The molecular weight excluding hydrogens is 459 g/mol. The van der Waals surface area contributed by atoms with E-state index in [1.54, 1.807) is 14.1 Å². The lowest BCUT2D eigenvalue weighted by Gasteiger charge is -2.24. The number of nitrogens with zero attached hydrogens (tertiary/aromatic N) is 2. The van der Waals surface area contributed by atoms with Crippen LogP contribution in [-0.4, -0.2) is 48.4 Å². The molecule has 0 unspecified atom stereocenters. The zero-order chi connectivity index (χ0) is 23.5. The average Bonchev–Trinajstić information content (AvgIpc) is 3.07. The fourth-order valence-electron chi connectivity index (χ4n) is 2.40. The predicted molar refractivity (Wildman–Crippen MR) is 124 cm³/mol. The normalized spacial score (nSPS) is 10.8. The van der Waals surface area contributed by atoms with Crippen molar-refractivity contribution in [1.29, 1.82) is 0 Å². The van der Waals surface area contributed by atoms with E-state index in [9.17, 15) is 19.5 Å². The van der Waals surface area contributed by atoms with Crippen LogP contribution in [0.3, 0.4) is 0 Å². The number of likely N-dealkylation sites (N-methyl/N-ethyl adjacent to an activating group) is 1. The fourth-order valence-corrected chi connectivity index (χ4v) is 3.74. The summed E-state index contributed by atoms with van der Waals surface area (Å²) in [6.07, 6.45) is 0.